The maximum atomic E-state index is 3.96. The lowest BCUT2D eigenvalue weighted by molar-refractivity contribution is 0.500. The highest BCUT2D eigenvalue weighted by atomic mass is 28.3. The minimum atomic E-state index is -1.27. The normalized spacial score (nSPS) is 15.1. The zero-order valence-corrected chi connectivity index (χ0v) is 13.4. The predicted molar refractivity (Wildman–Crippen MR) is 85.7 cm³/mol. The molecule has 0 aliphatic heterocycles. The van der Waals surface area contributed by atoms with Gasteiger partial charge in [0.05, 0.1) is 8.07 Å². The maximum absolute atomic E-state index is 3.96. The van der Waals surface area contributed by atoms with Gasteiger partial charge in [-0.2, -0.15) is 0 Å². The quantitative estimate of drug-likeness (QED) is 0.439. The van der Waals surface area contributed by atoms with Gasteiger partial charge in [0.2, 0.25) is 0 Å². The first kappa shape index (κ1) is 15.2. The highest BCUT2D eigenvalue weighted by Gasteiger charge is 2.32. The fourth-order valence-electron chi connectivity index (χ4n) is 2.67. The van der Waals surface area contributed by atoms with Crippen molar-refractivity contribution >= 4 is 8.07 Å². The van der Waals surface area contributed by atoms with E-state index >= 15 is 0 Å². The van der Waals surface area contributed by atoms with Crippen molar-refractivity contribution < 1.29 is 0 Å². The van der Waals surface area contributed by atoms with Gasteiger partial charge < -0.3 is 0 Å². The molecule has 0 saturated carbocycles. The summed E-state index contributed by atoms with van der Waals surface area (Å²) in [5.74, 6) is 0.812. The van der Waals surface area contributed by atoms with E-state index in [0.29, 0.717) is 0 Å². The van der Waals surface area contributed by atoms with Crippen molar-refractivity contribution in [1.82, 2.24) is 0 Å². The van der Waals surface area contributed by atoms with Crippen molar-refractivity contribution in [2.24, 2.45) is 5.92 Å². The minimum Gasteiger partial charge on any atom is -0.103 e. The van der Waals surface area contributed by atoms with Crippen LogP contribution in [0.1, 0.15) is 37.8 Å². The first-order valence-corrected chi connectivity index (χ1v) is 10.5. The molecule has 0 heterocycles. The van der Waals surface area contributed by atoms with E-state index in [-0.39, 0.29) is 0 Å². The average molecular weight is 260 g/mol. The molecule has 0 aliphatic rings. The van der Waals surface area contributed by atoms with Crippen molar-refractivity contribution in [2.75, 3.05) is 0 Å². The molecular weight excluding hydrogens is 232 g/mol. The number of benzene rings is 1. The molecule has 0 fully saturated rings. The van der Waals surface area contributed by atoms with Crippen molar-refractivity contribution in [3.8, 4) is 0 Å². The Morgan fingerprint density at radius 1 is 1.22 bits per heavy atom. The molecule has 0 aliphatic carbocycles. The van der Waals surface area contributed by atoms with Crippen molar-refractivity contribution in [2.45, 2.75) is 51.4 Å². The van der Waals surface area contributed by atoms with E-state index in [1.165, 1.54) is 24.4 Å². The van der Waals surface area contributed by atoms with Gasteiger partial charge in [0.15, 0.2) is 0 Å². The molecule has 2 atom stereocenters. The Morgan fingerprint density at radius 3 is 2.33 bits per heavy atom. The fourth-order valence-corrected chi connectivity index (χ4v) is 5.84. The Labute approximate surface area is 114 Å². The van der Waals surface area contributed by atoms with E-state index in [4.69, 9.17) is 0 Å². The first-order valence-electron chi connectivity index (χ1n) is 7.17. The lowest BCUT2D eigenvalue weighted by Gasteiger charge is -2.34. The van der Waals surface area contributed by atoms with E-state index in [1.807, 2.05) is 0 Å². The summed E-state index contributed by atoms with van der Waals surface area (Å²) in [5, 5.41) is 0. The smallest absolute Gasteiger partial charge is 0.0588 e. The van der Waals surface area contributed by atoms with Crippen LogP contribution >= 0.6 is 0 Å². The second kappa shape index (κ2) is 6.94. The van der Waals surface area contributed by atoms with Gasteiger partial charge in [-0.1, -0.05) is 69.8 Å². The van der Waals surface area contributed by atoms with Gasteiger partial charge in [-0.25, -0.2) is 0 Å². The van der Waals surface area contributed by atoms with Crippen LogP contribution in [-0.2, 0) is 0 Å². The molecule has 2 unspecified atom stereocenters. The highest BCUT2D eigenvalue weighted by molar-refractivity contribution is 6.79. The molecular formula is C17H28Si. The van der Waals surface area contributed by atoms with Crippen LogP contribution in [0, 0.1) is 5.92 Å². The van der Waals surface area contributed by atoms with Crippen LogP contribution in [0.25, 0.3) is 0 Å². The van der Waals surface area contributed by atoms with E-state index in [9.17, 15) is 0 Å². The van der Waals surface area contributed by atoms with Gasteiger partial charge in [-0.15, -0.1) is 6.58 Å². The van der Waals surface area contributed by atoms with Gasteiger partial charge >= 0.3 is 0 Å². The summed E-state index contributed by atoms with van der Waals surface area (Å²) in [6, 6.07) is 12.3. The standard InChI is InChI=1S/C17H28Si/c1-6-13-18(4,5)17(14-15(3)7-2)16-11-9-8-10-12-16/h6,8-12,15,17H,1,7,13-14H2,2-5H3. The molecule has 1 aromatic carbocycles. The Bertz CT molecular complexity index is 353. The lowest BCUT2D eigenvalue weighted by Crippen LogP contribution is -2.35. The molecule has 0 aromatic heterocycles. The fraction of sp³-hybridized carbons (Fsp3) is 0.529. The topological polar surface area (TPSA) is 0 Å². The minimum absolute atomic E-state index is 0.756. The Morgan fingerprint density at radius 2 is 1.83 bits per heavy atom. The van der Waals surface area contributed by atoms with Gasteiger partial charge in [0.1, 0.15) is 0 Å². The molecule has 0 N–H and O–H groups in total. The molecule has 1 rings (SSSR count). The second-order valence-corrected chi connectivity index (χ2v) is 11.3. The van der Waals surface area contributed by atoms with E-state index in [2.05, 4.69) is 69.9 Å². The summed E-state index contributed by atoms with van der Waals surface area (Å²) in [6.45, 7) is 13.7. The zero-order valence-electron chi connectivity index (χ0n) is 12.4. The molecule has 0 bridgehead atoms. The Balaban J connectivity index is 2.98. The predicted octanol–water partition coefficient (Wildman–Crippen LogP) is 5.64. The van der Waals surface area contributed by atoms with Crippen molar-refractivity contribution in [3.05, 3.63) is 48.6 Å². The van der Waals surface area contributed by atoms with E-state index < -0.39 is 8.07 Å². The monoisotopic (exact) mass is 260 g/mol. The van der Waals surface area contributed by atoms with Crippen LogP contribution in [-0.4, -0.2) is 8.07 Å². The summed E-state index contributed by atoms with van der Waals surface area (Å²) in [6.07, 6.45) is 4.73. The molecule has 0 saturated heterocycles. The van der Waals surface area contributed by atoms with E-state index in [0.717, 1.165) is 11.5 Å². The summed E-state index contributed by atoms with van der Waals surface area (Å²) < 4.78 is 0. The molecule has 0 spiro atoms. The third-order valence-corrected chi connectivity index (χ3v) is 7.95. The first-order chi connectivity index (χ1) is 8.51. The lowest BCUT2D eigenvalue weighted by atomic mass is 9.98. The van der Waals surface area contributed by atoms with Gasteiger partial charge in [-0.05, 0) is 29.5 Å². The third-order valence-electron chi connectivity index (χ3n) is 4.15. The second-order valence-electron chi connectivity index (χ2n) is 6.19. The summed E-state index contributed by atoms with van der Waals surface area (Å²) in [5.41, 5.74) is 2.29. The SMILES string of the molecule is C=CC[Si](C)(C)C(CC(C)CC)c1ccccc1. The molecule has 0 amide bonds. The molecule has 0 radical (unpaired) electrons. The summed E-state index contributed by atoms with van der Waals surface area (Å²) in [4.78, 5) is 0. The van der Waals surface area contributed by atoms with Gasteiger partial charge in [0, 0.05) is 0 Å². The Kier molecular flexibility index (Phi) is 5.87. The molecule has 1 aromatic rings. The molecule has 100 valence electrons. The number of hydrogen-bond acceptors (Lipinski definition) is 0. The van der Waals surface area contributed by atoms with E-state index in [1.54, 1.807) is 0 Å². The van der Waals surface area contributed by atoms with Gasteiger partial charge in [0.25, 0.3) is 0 Å². The van der Waals surface area contributed by atoms with Crippen LogP contribution < -0.4 is 0 Å². The summed E-state index contributed by atoms with van der Waals surface area (Å²) in [7, 11) is -1.27. The molecule has 18 heavy (non-hydrogen) atoms. The molecule has 0 nitrogen and oxygen atoms in total. The Hall–Kier alpha value is -0.823. The van der Waals surface area contributed by atoms with Crippen LogP contribution in [0.15, 0.2) is 43.0 Å². The highest BCUT2D eigenvalue weighted by Crippen LogP contribution is 2.36. The number of rotatable bonds is 7. The van der Waals surface area contributed by atoms with Crippen molar-refractivity contribution in [3.63, 3.8) is 0 Å². The van der Waals surface area contributed by atoms with Crippen LogP contribution in [0.5, 0.6) is 0 Å². The largest absolute Gasteiger partial charge is 0.103 e. The molecule has 1 heteroatoms. The third kappa shape index (κ3) is 4.13. The summed E-state index contributed by atoms with van der Waals surface area (Å²) >= 11 is 0. The van der Waals surface area contributed by atoms with Crippen LogP contribution in [0.4, 0.5) is 0 Å². The maximum Gasteiger partial charge on any atom is 0.0588 e. The number of allylic oxidation sites excluding steroid dienone is 1. The number of hydrogen-bond donors (Lipinski definition) is 0. The van der Waals surface area contributed by atoms with Crippen LogP contribution in [0.2, 0.25) is 19.1 Å². The average Bonchev–Trinajstić information content (AvgIpc) is 2.36. The van der Waals surface area contributed by atoms with Crippen molar-refractivity contribution in [1.29, 1.82) is 0 Å². The van der Waals surface area contributed by atoms with Gasteiger partial charge in [-0.3, -0.25) is 0 Å². The van der Waals surface area contributed by atoms with Crippen LogP contribution in [0.3, 0.4) is 0 Å². The zero-order chi connectivity index (χ0) is 13.6.